The van der Waals surface area contributed by atoms with Gasteiger partial charge in [0.2, 0.25) is 0 Å². The number of thiazole rings is 1. The molecule has 4 aromatic rings. The number of aryl methyl sites for hydroxylation is 1. The SMILES string of the molecule is COc1ccc(/C=C\C(=N\NC(=O)c2ccccc2)c2sc(Nc3ccc([N+](=O)[O-])cc3)nc2C)cc1OC. The van der Waals surface area contributed by atoms with Crippen LogP contribution in [-0.4, -0.2) is 35.7 Å². The van der Waals surface area contributed by atoms with Crippen LogP contribution in [0.3, 0.4) is 0 Å². The van der Waals surface area contributed by atoms with Gasteiger partial charge in [-0.05, 0) is 55.0 Å². The smallest absolute Gasteiger partial charge is 0.271 e. The first kappa shape index (κ1) is 27.0. The van der Waals surface area contributed by atoms with Crippen molar-refractivity contribution in [3.8, 4) is 11.5 Å². The quantitative estimate of drug-likeness (QED) is 0.143. The lowest BCUT2D eigenvalue weighted by molar-refractivity contribution is -0.384. The average molecular weight is 544 g/mol. The van der Waals surface area contributed by atoms with Crippen molar-refractivity contribution >= 4 is 45.5 Å². The van der Waals surface area contributed by atoms with Gasteiger partial charge in [0, 0.05) is 23.4 Å². The number of amides is 1. The van der Waals surface area contributed by atoms with Crippen LogP contribution in [0.1, 0.15) is 26.5 Å². The van der Waals surface area contributed by atoms with Crippen molar-refractivity contribution in [1.82, 2.24) is 10.4 Å². The third-order valence-corrected chi connectivity index (χ3v) is 6.61. The van der Waals surface area contributed by atoms with Gasteiger partial charge < -0.3 is 14.8 Å². The van der Waals surface area contributed by atoms with Crippen LogP contribution in [0.15, 0.2) is 84.0 Å². The number of carbonyl (C=O) groups excluding carboxylic acids is 1. The molecule has 10 nitrogen and oxygen atoms in total. The fourth-order valence-electron chi connectivity index (χ4n) is 3.54. The molecule has 1 amide bonds. The summed E-state index contributed by atoms with van der Waals surface area (Å²) in [5.41, 5.74) is 5.76. The number of anilines is 2. The van der Waals surface area contributed by atoms with E-state index in [0.29, 0.717) is 39.3 Å². The van der Waals surface area contributed by atoms with Gasteiger partial charge in [-0.25, -0.2) is 10.4 Å². The lowest BCUT2D eigenvalue weighted by atomic mass is 10.1. The third kappa shape index (κ3) is 6.84. The normalized spacial score (nSPS) is 11.3. The Labute approximate surface area is 228 Å². The van der Waals surface area contributed by atoms with Crippen molar-refractivity contribution < 1.29 is 19.2 Å². The number of nitrogens with zero attached hydrogens (tertiary/aromatic N) is 3. The number of methoxy groups -OCH3 is 2. The molecule has 1 heterocycles. The maximum atomic E-state index is 12.7. The van der Waals surface area contributed by atoms with Crippen LogP contribution >= 0.6 is 11.3 Å². The Balaban J connectivity index is 1.64. The number of nitro benzene ring substituents is 1. The van der Waals surface area contributed by atoms with Crippen LogP contribution in [0.5, 0.6) is 11.5 Å². The van der Waals surface area contributed by atoms with Crippen molar-refractivity contribution in [2.45, 2.75) is 6.92 Å². The first-order valence-corrected chi connectivity index (χ1v) is 12.5. The predicted octanol–water partition coefficient (Wildman–Crippen LogP) is 5.97. The standard InChI is InChI=1S/C28H25N5O5S/c1-18-26(39-28(29-18)30-21-11-13-22(14-12-21)33(35)36)23(31-32-27(34)20-7-5-4-6-8-20)15-9-19-10-16-24(37-2)25(17-19)38-3/h4-17H,1-3H3,(H,29,30)(H,32,34)/b15-9-,31-23-. The predicted molar refractivity (Wildman–Crippen MR) is 152 cm³/mol. The number of hydrogen-bond donors (Lipinski definition) is 2. The molecule has 0 atom stereocenters. The van der Waals surface area contributed by atoms with Crippen LogP contribution < -0.4 is 20.2 Å². The van der Waals surface area contributed by atoms with Crippen molar-refractivity contribution in [3.63, 3.8) is 0 Å². The van der Waals surface area contributed by atoms with Crippen molar-refractivity contribution in [2.75, 3.05) is 19.5 Å². The largest absolute Gasteiger partial charge is 0.493 e. The number of hydrogen-bond acceptors (Lipinski definition) is 9. The lowest BCUT2D eigenvalue weighted by Crippen LogP contribution is -2.19. The monoisotopic (exact) mass is 543 g/mol. The molecule has 0 aliphatic carbocycles. The summed E-state index contributed by atoms with van der Waals surface area (Å²) in [6.07, 6.45) is 3.63. The molecule has 39 heavy (non-hydrogen) atoms. The summed E-state index contributed by atoms with van der Waals surface area (Å²) in [7, 11) is 3.14. The first-order chi connectivity index (χ1) is 18.9. The molecule has 0 fully saturated rings. The molecule has 0 saturated carbocycles. The highest BCUT2D eigenvalue weighted by molar-refractivity contribution is 7.17. The molecule has 4 rings (SSSR count). The molecule has 11 heteroatoms. The number of ether oxygens (including phenoxy) is 2. The fourth-order valence-corrected chi connectivity index (χ4v) is 4.49. The summed E-state index contributed by atoms with van der Waals surface area (Å²) in [6, 6.07) is 20.4. The fraction of sp³-hybridized carbons (Fsp3) is 0.107. The van der Waals surface area contributed by atoms with E-state index in [2.05, 4.69) is 20.8 Å². The maximum absolute atomic E-state index is 12.7. The molecule has 1 aromatic heterocycles. The lowest BCUT2D eigenvalue weighted by Gasteiger charge is -2.08. The van der Waals surface area contributed by atoms with E-state index in [1.54, 1.807) is 62.8 Å². The van der Waals surface area contributed by atoms with E-state index in [0.717, 1.165) is 10.4 Å². The molecule has 0 bridgehead atoms. The van der Waals surface area contributed by atoms with Crippen LogP contribution in [-0.2, 0) is 0 Å². The molecular weight excluding hydrogens is 518 g/mol. The third-order valence-electron chi connectivity index (χ3n) is 5.51. The van der Waals surface area contributed by atoms with Gasteiger partial charge in [-0.15, -0.1) is 0 Å². The van der Waals surface area contributed by atoms with E-state index < -0.39 is 4.92 Å². The number of benzene rings is 3. The van der Waals surface area contributed by atoms with Crippen LogP contribution in [0, 0.1) is 17.0 Å². The Hall–Kier alpha value is -5.03. The zero-order valence-electron chi connectivity index (χ0n) is 21.4. The van der Waals surface area contributed by atoms with Gasteiger partial charge >= 0.3 is 0 Å². The Kier molecular flexibility index (Phi) is 8.64. The Morgan fingerprint density at radius 1 is 1.03 bits per heavy atom. The number of allylic oxidation sites excluding steroid dienone is 1. The molecule has 3 aromatic carbocycles. The number of nitro groups is 1. The van der Waals surface area contributed by atoms with Gasteiger partial charge in [-0.1, -0.05) is 41.7 Å². The highest BCUT2D eigenvalue weighted by atomic mass is 32.1. The molecular formula is C28H25N5O5S. The van der Waals surface area contributed by atoms with Gasteiger partial charge in [0.05, 0.1) is 29.7 Å². The summed E-state index contributed by atoms with van der Waals surface area (Å²) in [4.78, 5) is 28.5. The zero-order chi connectivity index (χ0) is 27.8. The number of nitrogens with one attached hydrogen (secondary N) is 2. The molecule has 0 aliphatic heterocycles. The van der Waals surface area contributed by atoms with Gasteiger partial charge in [-0.2, -0.15) is 5.10 Å². The summed E-state index contributed by atoms with van der Waals surface area (Å²) < 4.78 is 10.7. The Bertz CT molecular complexity index is 1530. The average Bonchev–Trinajstić information content (AvgIpc) is 3.32. The molecule has 0 unspecified atom stereocenters. The molecule has 0 radical (unpaired) electrons. The highest BCUT2D eigenvalue weighted by Crippen LogP contribution is 2.30. The number of non-ortho nitro benzene ring substituents is 1. The molecule has 0 aliphatic rings. The van der Waals surface area contributed by atoms with Crippen molar-refractivity contribution in [1.29, 1.82) is 0 Å². The van der Waals surface area contributed by atoms with Gasteiger partial charge in [0.15, 0.2) is 16.6 Å². The minimum Gasteiger partial charge on any atom is -0.493 e. The van der Waals surface area contributed by atoms with E-state index in [9.17, 15) is 14.9 Å². The van der Waals surface area contributed by atoms with E-state index >= 15 is 0 Å². The molecule has 198 valence electrons. The number of carbonyl (C=O) groups is 1. The number of rotatable bonds is 10. The first-order valence-electron chi connectivity index (χ1n) is 11.7. The Morgan fingerprint density at radius 2 is 1.74 bits per heavy atom. The minimum absolute atomic E-state index is 0.000403. The van der Waals surface area contributed by atoms with Crippen LogP contribution in [0.25, 0.3) is 6.08 Å². The number of aromatic nitrogens is 1. The summed E-state index contributed by atoms with van der Waals surface area (Å²) in [5.74, 6) is 0.844. The van der Waals surface area contributed by atoms with Crippen LogP contribution in [0.4, 0.5) is 16.5 Å². The van der Waals surface area contributed by atoms with E-state index in [1.165, 1.54) is 23.5 Å². The molecule has 0 saturated heterocycles. The zero-order valence-corrected chi connectivity index (χ0v) is 22.2. The molecule has 0 spiro atoms. The second-order valence-electron chi connectivity index (χ2n) is 8.11. The number of hydrazone groups is 1. The van der Waals surface area contributed by atoms with E-state index in [-0.39, 0.29) is 11.6 Å². The topological polar surface area (TPSA) is 128 Å². The second-order valence-corrected chi connectivity index (χ2v) is 9.11. The van der Waals surface area contributed by atoms with Gasteiger partial charge in [0.1, 0.15) is 5.71 Å². The van der Waals surface area contributed by atoms with Gasteiger partial charge in [0.25, 0.3) is 11.6 Å². The van der Waals surface area contributed by atoms with E-state index in [4.69, 9.17) is 9.47 Å². The van der Waals surface area contributed by atoms with Gasteiger partial charge in [-0.3, -0.25) is 14.9 Å². The van der Waals surface area contributed by atoms with Crippen molar-refractivity contribution in [2.24, 2.45) is 5.10 Å². The maximum Gasteiger partial charge on any atom is 0.271 e. The summed E-state index contributed by atoms with van der Waals surface area (Å²) in [6.45, 7) is 1.84. The minimum atomic E-state index is -0.452. The van der Waals surface area contributed by atoms with E-state index in [1.807, 2.05) is 31.2 Å². The Morgan fingerprint density at radius 3 is 2.41 bits per heavy atom. The summed E-state index contributed by atoms with van der Waals surface area (Å²) >= 11 is 1.34. The van der Waals surface area contributed by atoms with Crippen LogP contribution in [0.2, 0.25) is 0 Å². The highest BCUT2D eigenvalue weighted by Gasteiger charge is 2.14. The molecule has 2 N–H and O–H groups in total. The summed E-state index contributed by atoms with van der Waals surface area (Å²) in [5, 5.41) is 19.1. The second kappa shape index (κ2) is 12.5. The van der Waals surface area contributed by atoms with Crippen molar-refractivity contribution in [3.05, 3.63) is 111 Å².